The van der Waals surface area contributed by atoms with Gasteiger partial charge in [0.1, 0.15) is 5.82 Å². The molecule has 5 aromatic rings. The maximum absolute atomic E-state index is 12.8. The number of carbonyl (C=O) groups is 1. The van der Waals surface area contributed by atoms with E-state index in [4.69, 9.17) is 20.9 Å². The van der Waals surface area contributed by atoms with Gasteiger partial charge in [-0.15, -0.1) is 0 Å². The summed E-state index contributed by atoms with van der Waals surface area (Å²) in [5, 5.41) is 5.04. The highest BCUT2D eigenvalue weighted by Gasteiger charge is 2.24. The number of nitrogens with zero attached hydrogens (tertiary/aromatic N) is 4. The predicted molar refractivity (Wildman–Crippen MR) is 145 cm³/mol. The number of H-pyrrole nitrogens is 1. The molecule has 0 amide bonds. The first kappa shape index (κ1) is 25.5. The standard InChI is InChI=1S/C28H28ClN5O4/c1-3-5-6-14-23-30-25(29)24(27(35)37-4-2)34(23)17-18-10-9-13-21-19(18)15-16-33(21)22-12-8-7-11-20(22)26-31-28(36)38-32-26/h7-13,15-16H,3-6,14,17H2,1-2H3,(H,31,32,36). The summed E-state index contributed by atoms with van der Waals surface area (Å²) >= 11 is 6.46. The molecule has 0 spiro atoms. The lowest BCUT2D eigenvalue weighted by atomic mass is 10.1. The molecule has 10 heteroatoms. The molecule has 0 bridgehead atoms. The first-order valence-corrected chi connectivity index (χ1v) is 13.1. The number of imidazole rings is 1. The average molecular weight is 534 g/mol. The molecule has 196 valence electrons. The summed E-state index contributed by atoms with van der Waals surface area (Å²) in [5.41, 5.74) is 3.80. The SMILES string of the molecule is CCCCCc1nc(Cl)c(C(=O)OCC)n1Cc1cccc2c1ccn2-c1ccccc1-c1noc(=O)[nH]1. The van der Waals surface area contributed by atoms with Gasteiger partial charge in [0.05, 0.1) is 24.4 Å². The molecule has 0 aliphatic rings. The molecular weight excluding hydrogens is 506 g/mol. The summed E-state index contributed by atoms with van der Waals surface area (Å²) in [4.78, 5) is 31.6. The number of aryl methyl sites for hydroxylation is 1. The van der Waals surface area contributed by atoms with Crippen LogP contribution in [0.5, 0.6) is 0 Å². The molecule has 3 heterocycles. The quantitative estimate of drug-likeness (QED) is 0.180. The molecule has 0 fully saturated rings. The van der Waals surface area contributed by atoms with Crippen molar-refractivity contribution in [1.29, 1.82) is 0 Å². The Morgan fingerprint density at radius 2 is 1.95 bits per heavy atom. The maximum Gasteiger partial charge on any atom is 0.439 e. The Labute approximate surface area is 224 Å². The predicted octanol–water partition coefficient (Wildman–Crippen LogP) is 5.78. The van der Waals surface area contributed by atoms with Crippen LogP contribution >= 0.6 is 11.6 Å². The van der Waals surface area contributed by atoms with Gasteiger partial charge in [0.25, 0.3) is 0 Å². The Bertz CT molecular complexity index is 1640. The Hall–Kier alpha value is -4.11. The highest BCUT2D eigenvalue weighted by atomic mass is 35.5. The van der Waals surface area contributed by atoms with Crippen molar-refractivity contribution in [1.82, 2.24) is 24.3 Å². The van der Waals surface area contributed by atoms with Gasteiger partial charge in [-0.1, -0.05) is 60.8 Å². The molecule has 1 N–H and O–H groups in total. The topological polar surface area (TPSA) is 108 Å². The van der Waals surface area contributed by atoms with Gasteiger partial charge in [0, 0.05) is 23.6 Å². The van der Waals surface area contributed by atoms with Gasteiger partial charge in [-0.05, 0) is 43.2 Å². The lowest BCUT2D eigenvalue weighted by molar-refractivity contribution is 0.0514. The number of ether oxygens (including phenoxy) is 1. The van der Waals surface area contributed by atoms with Crippen LogP contribution in [0.3, 0.4) is 0 Å². The molecule has 0 radical (unpaired) electrons. The van der Waals surface area contributed by atoms with Crippen molar-refractivity contribution >= 4 is 28.5 Å². The third-order valence-electron chi connectivity index (χ3n) is 6.49. The van der Waals surface area contributed by atoms with E-state index < -0.39 is 11.7 Å². The van der Waals surface area contributed by atoms with Crippen molar-refractivity contribution < 1.29 is 14.1 Å². The average Bonchev–Trinajstić information content (AvgIpc) is 3.62. The summed E-state index contributed by atoms with van der Waals surface area (Å²) in [6.45, 7) is 4.58. The number of benzene rings is 2. The van der Waals surface area contributed by atoms with Crippen LogP contribution in [0.1, 0.15) is 55.0 Å². The first-order valence-electron chi connectivity index (χ1n) is 12.7. The van der Waals surface area contributed by atoms with E-state index in [9.17, 15) is 9.59 Å². The van der Waals surface area contributed by atoms with E-state index in [0.717, 1.165) is 52.8 Å². The van der Waals surface area contributed by atoms with Gasteiger partial charge in [0.2, 0.25) is 0 Å². The van der Waals surface area contributed by atoms with Crippen LogP contribution in [0.4, 0.5) is 0 Å². The van der Waals surface area contributed by atoms with E-state index in [-0.39, 0.29) is 17.5 Å². The number of halogens is 1. The second kappa shape index (κ2) is 11.1. The van der Waals surface area contributed by atoms with E-state index in [0.29, 0.717) is 18.8 Å². The van der Waals surface area contributed by atoms with Crippen molar-refractivity contribution in [2.75, 3.05) is 6.61 Å². The van der Waals surface area contributed by atoms with Gasteiger partial charge < -0.3 is 13.9 Å². The number of hydrogen-bond acceptors (Lipinski definition) is 6. The highest BCUT2D eigenvalue weighted by molar-refractivity contribution is 6.32. The van der Waals surface area contributed by atoms with E-state index in [1.165, 1.54) is 0 Å². The molecule has 3 aromatic heterocycles. The lowest BCUT2D eigenvalue weighted by Gasteiger charge is -2.14. The maximum atomic E-state index is 12.8. The van der Waals surface area contributed by atoms with Gasteiger partial charge >= 0.3 is 11.7 Å². The first-order chi connectivity index (χ1) is 18.5. The van der Waals surface area contributed by atoms with Gasteiger partial charge in [-0.25, -0.2) is 14.6 Å². The Morgan fingerprint density at radius 3 is 2.71 bits per heavy atom. The van der Waals surface area contributed by atoms with Crippen LogP contribution in [0.2, 0.25) is 5.15 Å². The number of para-hydroxylation sites is 1. The fourth-order valence-electron chi connectivity index (χ4n) is 4.73. The van der Waals surface area contributed by atoms with Crippen LogP contribution in [-0.4, -0.2) is 36.8 Å². The second-order valence-electron chi connectivity index (χ2n) is 8.93. The summed E-state index contributed by atoms with van der Waals surface area (Å²) in [6, 6.07) is 15.7. The van der Waals surface area contributed by atoms with Crippen LogP contribution in [0.25, 0.3) is 28.0 Å². The van der Waals surface area contributed by atoms with Crippen molar-refractivity contribution in [2.24, 2.45) is 0 Å². The summed E-state index contributed by atoms with van der Waals surface area (Å²) in [5.74, 6) is 0.0309. The number of unbranched alkanes of at least 4 members (excludes halogenated alkanes) is 2. The molecule has 5 rings (SSSR count). The number of aromatic nitrogens is 5. The van der Waals surface area contributed by atoms with E-state index >= 15 is 0 Å². The van der Waals surface area contributed by atoms with Crippen LogP contribution < -0.4 is 5.76 Å². The molecule has 2 aromatic carbocycles. The van der Waals surface area contributed by atoms with Crippen LogP contribution in [-0.2, 0) is 17.7 Å². The number of esters is 1. The van der Waals surface area contributed by atoms with Crippen molar-refractivity contribution in [3.8, 4) is 17.1 Å². The normalized spacial score (nSPS) is 11.3. The minimum absolute atomic E-state index is 0.162. The van der Waals surface area contributed by atoms with Gasteiger partial charge in [-0.2, -0.15) is 0 Å². The van der Waals surface area contributed by atoms with E-state index in [1.807, 2.05) is 63.9 Å². The number of aromatic amines is 1. The smallest absolute Gasteiger partial charge is 0.439 e. The largest absolute Gasteiger partial charge is 0.461 e. The van der Waals surface area contributed by atoms with Crippen LogP contribution in [0.15, 0.2) is 64.0 Å². The third-order valence-corrected chi connectivity index (χ3v) is 6.75. The molecule has 9 nitrogen and oxygen atoms in total. The number of carbonyl (C=O) groups excluding carboxylic acids is 1. The number of nitrogens with one attached hydrogen (secondary N) is 1. The monoisotopic (exact) mass is 533 g/mol. The third kappa shape index (κ3) is 4.89. The van der Waals surface area contributed by atoms with Gasteiger partial charge in [0.15, 0.2) is 16.7 Å². The summed E-state index contributed by atoms with van der Waals surface area (Å²) < 4.78 is 14.0. The molecule has 0 unspecified atom stereocenters. The molecule has 0 atom stereocenters. The molecule has 0 saturated heterocycles. The summed E-state index contributed by atoms with van der Waals surface area (Å²) in [6.07, 6.45) is 5.78. The second-order valence-corrected chi connectivity index (χ2v) is 9.29. The Kier molecular flexibility index (Phi) is 7.46. The number of hydrogen-bond donors (Lipinski definition) is 1. The minimum Gasteiger partial charge on any atom is -0.461 e. The van der Waals surface area contributed by atoms with Crippen molar-refractivity contribution in [3.05, 3.63) is 87.5 Å². The van der Waals surface area contributed by atoms with Gasteiger partial charge in [-0.3, -0.25) is 9.51 Å². The molecule has 0 saturated carbocycles. The molecular formula is C28H28ClN5O4. The minimum atomic E-state index is -0.611. The van der Waals surface area contributed by atoms with Crippen LogP contribution in [0, 0.1) is 0 Å². The fourth-order valence-corrected chi connectivity index (χ4v) is 5.01. The highest BCUT2D eigenvalue weighted by Crippen LogP contribution is 2.30. The van der Waals surface area contributed by atoms with E-state index in [2.05, 4.69) is 22.0 Å². The molecule has 0 aliphatic heterocycles. The zero-order valence-electron chi connectivity index (χ0n) is 21.2. The zero-order valence-corrected chi connectivity index (χ0v) is 22.0. The fraction of sp³-hybridized carbons (Fsp3) is 0.286. The lowest BCUT2D eigenvalue weighted by Crippen LogP contribution is -2.15. The Morgan fingerprint density at radius 1 is 1.11 bits per heavy atom. The van der Waals surface area contributed by atoms with Crippen molar-refractivity contribution in [3.63, 3.8) is 0 Å². The zero-order chi connectivity index (χ0) is 26.6. The number of fused-ring (bicyclic) bond motifs is 1. The van der Waals surface area contributed by atoms with Crippen molar-refractivity contribution in [2.45, 2.75) is 46.1 Å². The molecule has 38 heavy (non-hydrogen) atoms. The summed E-state index contributed by atoms with van der Waals surface area (Å²) in [7, 11) is 0. The van der Waals surface area contributed by atoms with E-state index in [1.54, 1.807) is 6.92 Å². The molecule has 0 aliphatic carbocycles. The number of rotatable bonds is 10. The Balaban J connectivity index is 1.58.